The topological polar surface area (TPSA) is 154 Å². The monoisotopic (exact) mass is 513 g/mol. The third kappa shape index (κ3) is 4.97. The number of hydrogen-bond acceptors (Lipinski definition) is 8. The van der Waals surface area contributed by atoms with Gasteiger partial charge in [0, 0.05) is 36.7 Å². The number of hydrogen-bond donors (Lipinski definition) is 3. The van der Waals surface area contributed by atoms with E-state index in [0.29, 0.717) is 17.0 Å². The molecule has 1 aromatic heterocycles. The molecular formula is C23H24BN3O8S. The zero-order valence-corrected chi connectivity index (χ0v) is 20.2. The lowest BCUT2D eigenvalue weighted by Crippen LogP contribution is -2.58. The van der Waals surface area contributed by atoms with Gasteiger partial charge in [-0.2, -0.15) is 0 Å². The van der Waals surface area contributed by atoms with Gasteiger partial charge in [-0.25, -0.2) is 9.59 Å². The van der Waals surface area contributed by atoms with Crippen LogP contribution in [0.3, 0.4) is 0 Å². The highest BCUT2D eigenvalue weighted by molar-refractivity contribution is 7.10. The van der Waals surface area contributed by atoms with Gasteiger partial charge >= 0.3 is 30.9 Å². The molecule has 0 spiro atoms. The van der Waals surface area contributed by atoms with Gasteiger partial charge in [-0.3, -0.25) is 19.3 Å². The van der Waals surface area contributed by atoms with Gasteiger partial charge in [0.15, 0.2) is 5.78 Å². The second-order valence-corrected chi connectivity index (χ2v) is 9.46. The molecule has 1 fully saturated rings. The van der Waals surface area contributed by atoms with Crippen LogP contribution in [0.15, 0.2) is 35.7 Å². The lowest BCUT2D eigenvalue weighted by atomic mass is 9.64. The Balaban J connectivity index is 1.50. The molecule has 1 aromatic carbocycles. The number of nitrogens with one attached hydrogen (secondary N) is 1. The number of carbonyl (C=O) groups excluding carboxylic acids is 4. The third-order valence-corrected chi connectivity index (χ3v) is 7.20. The van der Waals surface area contributed by atoms with E-state index in [4.69, 9.17) is 4.65 Å². The van der Waals surface area contributed by atoms with Gasteiger partial charge in [-0.15, -0.1) is 11.3 Å². The number of carboxylic acid groups (broad SMARTS) is 1. The first kappa shape index (κ1) is 25.4. The van der Waals surface area contributed by atoms with E-state index in [9.17, 15) is 34.1 Å². The van der Waals surface area contributed by atoms with Gasteiger partial charge in [-0.1, -0.05) is 18.2 Å². The highest BCUT2D eigenvalue weighted by Gasteiger charge is 2.41. The first-order valence-electron chi connectivity index (χ1n) is 11.4. The van der Waals surface area contributed by atoms with E-state index in [2.05, 4.69) is 5.32 Å². The average Bonchev–Trinajstić information content (AvgIpc) is 3.38. The smallest absolute Gasteiger partial charge is 0.526 e. The van der Waals surface area contributed by atoms with Gasteiger partial charge < -0.3 is 25.0 Å². The number of nitrogens with zero attached hydrogens (tertiary/aromatic N) is 2. The van der Waals surface area contributed by atoms with Crippen LogP contribution in [0, 0.1) is 0 Å². The Morgan fingerprint density at radius 1 is 1.19 bits per heavy atom. The molecule has 0 aliphatic carbocycles. The van der Waals surface area contributed by atoms with E-state index in [1.807, 2.05) is 0 Å². The summed E-state index contributed by atoms with van der Waals surface area (Å²) < 4.78 is 5.47. The molecule has 0 radical (unpaired) electrons. The second-order valence-electron chi connectivity index (χ2n) is 8.48. The molecule has 3 heterocycles. The van der Waals surface area contributed by atoms with Crippen molar-refractivity contribution in [3.63, 3.8) is 0 Å². The van der Waals surface area contributed by atoms with Gasteiger partial charge in [0.1, 0.15) is 11.8 Å². The van der Waals surface area contributed by atoms with Crippen molar-refractivity contribution in [2.75, 3.05) is 19.6 Å². The number of para-hydroxylation sites is 1. The van der Waals surface area contributed by atoms with Crippen LogP contribution in [0.2, 0.25) is 5.82 Å². The number of Topliss-reactive ketones (excluding diaryl/α,β-unsaturated/α-hetero) is 1. The number of likely N-dealkylation sites (N-methyl/N-ethyl adjacent to an activating group) is 1. The number of carboxylic acids is 1. The van der Waals surface area contributed by atoms with Crippen LogP contribution in [0.25, 0.3) is 0 Å². The van der Waals surface area contributed by atoms with Crippen molar-refractivity contribution in [2.45, 2.75) is 31.6 Å². The van der Waals surface area contributed by atoms with Gasteiger partial charge in [0.05, 0.1) is 5.56 Å². The number of rotatable bonds is 7. The molecule has 1 saturated heterocycles. The summed E-state index contributed by atoms with van der Waals surface area (Å²) in [6, 6.07) is 6.02. The summed E-state index contributed by atoms with van der Waals surface area (Å²) in [6.07, 6.45) is 0.0116. The average molecular weight is 513 g/mol. The number of thiophene rings is 1. The molecule has 4 rings (SSSR count). The summed E-state index contributed by atoms with van der Waals surface area (Å²) in [6.45, 7) is 2.29. The van der Waals surface area contributed by atoms with E-state index in [-0.39, 0.29) is 37.2 Å². The number of fused-ring (bicyclic) bond motifs is 1. The normalized spacial score (nSPS) is 18.4. The third-order valence-electron chi connectivity index (χ3n) is 6.27. The lowest BCUT2D eigenvalue weighted by Gasteiger charge is -2.33. The molecule has 2 aliphatic rings. The zero-order chi connectivity index (χ0) is 26.0. The predicted octanol–water partition coefficient (Wildman–Crippen LogP) is 1.33. The Morgan fingerprint density at radius 2 is 1.97 bits per heavy atom. The molecule has 2 atom stereocenters. The summed E-state index contributed by atoms with van der Waals surface area (Å²) in [5.41, 5.74) is 0.468. The van der Waals surface area contributed by atoms with Crippen molar-refractivity contribution in [1.29, 1.82) is 0 Å². The Bertz CT molecular complexity index is 1200. The first-order valence-corrected chi connectivity index (χ1v) is 12.3. The molecule has 13 heteroatoms. The number of benzene rings is 1. The molecular weight excluding hydrogens is 489 g/mol. The van der Waals surface area contributed by atoms with Crippen molar-refractivity contribution in [2.24, 2.45) is 0 Å². The number of urea groups is 1. The molecule has 0 saturated carbocycles. The van der Waals surface area contributed by atoms with Crippen LogP contribution in [0.5, 0.6) is 5.75 Å². The molecule has 3 N–H and O–H groups in total. The standard InChI is InChI=1S/C23H24BN3O8S/c1-2-26-8-9-27(21(30)20(26)29)23(33)25-18(17-7-4-10-36-17)16(28)12-14-11-13-5-3-6-15(22(31)32)19(13)35-24(14)34/h3-7,10,14,18,34H,2,8-9,11-12H2,1H3,(H,25,33)(H,31,32)/t14-,18?/m1/s1. The fourth-order valence-corrected chi connectivity index (χ4v) is 5.14. The van der Waals surface area contributed by atoms with Gasteiger partial charge in [0.2, 0.25) is 0 Å². The molecule has 2 aliphatic heterocycles. The molecule has 4 amide bonds. The Hall–Kier alpha value is -3.71. The second kappa shape index (κ2) is 10.5. The minimum atomic E-state index is -1.43. The van der Waals surface area contributed by atoms with Crippen LogP contribution < -0.4 is 9.97 Å². The van der Waals surface area contributed by atoms with E-state index < -0.39 is 48.6 Å². The van der Waals surface area contributed by atoms with E-state index in [1.165, 1.54) is 22.3 Å². The van der Waals surface area contributed by atoms with Gasteiger partial charge in [-0.05, 0) is 36.4 Å². The van der Waals surface area contributed by atoms with Crippen molar-refractivity contribution in [1.82, 2.24) is 15.1 Å². The van der Waals surface area contributed by atoms with Crippen LogP contribution in [-0.2, 0) is 20.8 Å². The Morgan fingerprint density at radius 3 is 2.64 bits per heavy atom. The van der Waals surface area contributed by atoms with Crippen LogP contribution in [0.1, 0.15) is 40.2 Å². The maximum atomic E-state index is 13.4. The maximum absolute atomic E-state index is 13.4. The minimum absolute atomic E-state index is 0.00741. The number of piperazine rings is 1. The van der Waals surface area contributed by atoms with Gasteiger partial charge in [0.25, 0.3) is 0 Å². The summed E-state index contributed by atoms with van der Waals surface area (Å²) in [5.74, 6) is -3.98. The SMILES string of the molecule is CCN1CCN(C(=O)NC(C(=O)C[C@H]2Cc3cccc(C(=O)O)c3OB2O)c2cccs2)C(=O)C1=O. The van der Waals surface area contributed by atoms with E-state index in [1.54, 1.807) is 36.6 Å². The van der Waals surface area contributed by atoms with Crippen molar-refractivity contribution < 1.29 is 38.8 Å². The number of imide groups is 1. The minimum Gasteiger partial charge on any atom is -0.535 e. The number of amides is 4. The predicted molar refractivity (Wildman–Crippen MR) is 129 cm³/mol. The maximum Gasteiger partial charge on any atom is 0.526 e. The Labute approximate surface area is 210 Å². The molecule has 36 heavy (non-hydrogen) atoms. The van der Waals surface area contributed by atoms with Crippen molar-refractivity contribution in [3.8, 4) is 5.75 Å². The van der Waals surface area contributed by atoms with E-state index >= 15 is 0 Å². The zero-order valence-electron chi connectivity index (χ0n) is 19.4. The molecule has 188 valence electrons. The van der Waals surface area contributed by atoms with Crippen molar-refractivity contribution >= 4 is 48.1 Å². The first-order chi connectivity index (χ1) is 17.2. The summed E-state index contributed by atoms with van der Waals surface area (Å²) in [4.78, 5) is 65.0. The highest BCUT2D eigenvalue weighted by atomic mass is 32.1. The Kier molecular flexibility index (Phi) is 7.41. The van der Waals surface area contributed by atoms with E-state index in [0.717, 1.165) is 4.90 Å². The fourth-order valence-electron chi connectivity index (χ4n) is 4.34. The van der Waals surface area contributed by atoms with Crippen LogP contribution in [-0.4, -0.2) is 76.3 Å². The molecule has 1 unspecified atom stereocenters. The fraction of sp³-hybridized carbons (Fsp3) is 0.348. The molecule has 0 bridgehead atoms. The highest BCUT2D eigenvalue weighted by Crippen LogP contribution is 2.37. The number of aromatic carboxylic acids is 1. The molecule has 11 nitrogen and oxygen atoms in total. The largest absolute Gasteiger partial charge is 0.535 e. The van der Waals surface area contributed by atoms with Crippen LogP contribution in [0.4, 0.5) is 4.79 Å². The summed E-state index contributed by atoms with van der Waals surface area (Å²) in [7, 11) is -1.43. The van der Waals surface area contributed by atoms with Crippen LogP contribution >= 0.6 is 11.3 Å². The number of carbonyl (C=O) groups is 5. The summed E-state index contributed by atoms with van der Waals surface area (Å²) in [5, 5.41) is 24.2. The number of ketones is 1. The lowest BCUT2D eigenvalue weighted by molar-refractivity contribution is -0.153. The summed E-state index contributed by atoms with van der Waals surface area (Å²) >= 11 is 1.24. The molecule has 2 aromatic rings. The quantitative estimate of drug-likeness (QED) is 0.370. The van der Waals surface area contributed by atoms with Crippen molar-refractivity contribution in [3.05, 3.63) is 51.7 Å².